The summed E-state index contributed by atoms with van der Waals surface area (Å²) < 4.78 is 1.86. The zero-order valence-electron chi connectivity index (χ0n) is 17.4. The molecule has 0 fully saturated rings. The summed E-state index contributed by atoms with van der Waals surface area (Å²) in [5.41, 5.74) is 5.61. The van der Waals surface area contributed by atoms with Gasteiger partial charge in [-0.2, -0.15) is 10.2 Å². The van der Waals surface area contributed by atoms with E-state index in [2.05, 4.69) is 39.4 Å². The van der Waals surface area contributed by atoms with Crippen molar-refractivity contribution in [3.05, 3.63) is 54.1 Å². The van der Waals surface area contributed by atoms with E-state index in [1.165, 1.54) is 0 Å². The van der Waals surface area contributed by atoms with Crippen LogP contribution in [0.5, 0.6) is 0 Å². The van der Waals surface area contributed by atoms with E-state index in [0.717, 1.165) is 33.4 Å². The van der Waals surface area contributed by atoms with Crippen LogP contribution in [-0.2, 0) is 6.54 Å². The summed E-state index contributed by atoms with van der Waals surface area (Å²) in [6.07, 6.45) is 6.29. The first-order chi connectivity index (χ1) is 14.5. The molecule has 0 unspecified atom stereocenters. The Bertz CT molecular complexity index is 1170. The fourth-order valence-electron chi connectivity index (χ4n) is 3.26. The first-order valence-corrected chi connectivity index (χ1v) is 10.0. The van der Waals surface area contributed by atoms with Gasteiger partial charge in [0.15, 0.2) is 5.82 Å². The second-order valence-electron chi connectivity index (χ2n) is 7.58. The first kappa shape index (κ1) is 19.9. The van der Waals surface area contributed by atoms with E-state index in [1.807, 2.05) is 48.3 Å². The number of aliphatic hydroxyl groups excluding tert-OH is 1. The van der Waals surface area contributed by atoms with E-state index in [-0.39, 0.29) is 6.61 Å². The lowest BCUT2D eigenvalue weighted by Crippen LogP contribution is -2.00. The molecule has 8 heteroatoms. The molecule has 0 aliphatic heterocycles. The summed E-state index contributed by atoms with van der Waals surface area (Å²) >= 11 is 0. The van der Waals surface area contributed by atoms with Crippen LogP contribution >= 0.6 is 0 Å². The summed E-state index contributed by atoms with van der Waals surface area (Å²) in [5, 5.41) is 25.0. The number of aryl methyl sites for hydroxylation is 2. The summed E-state index contributed by atoms with van der Waals surface area (Å²) in [6.45, 7) is 7.05. The highest BCUT2D eigenvalue weighted by atomic mass is 16.3. The third-order valence-electron chi connectivity index (χ3n) is 4.94. The predicted octanol–water partition coefficient (Wildman–Crippen LogP) is 3.84. The average molecular weight is 403 g/mol. The predicted molar refractivity (Wildman–Crippen MR) is 117 cm³/mol. The van der Waals surface area contributed by atoms with Crippen molar-refractivity contribution in [2.75, 3.05) is 11.9 Å². The smallest absolute Gasteiger partial charge is 0.154 e. The molecule has 2 N–H and O–H groups in total. The lowest BCUT2D eigenvalue weighted by Gasteiger charge is -2.09. The number of anilines is 2. The lowest BCUT2D eigenvalue weighted by atomic mass is 10.1. The summed E-state index contributed by atoms with van der Waals surface area (Å²) in [7, 11) is 0. The van der Waals surface area contributed by atoms with Gasteiger partial charge in [-0.05, 0) is 49.1 Å². The maximum atomic E-state index is 9.04. The fraction of sp³-hybridized carbons (Fsp3) is 0.318. The maximum absolute atomic E-state index is 9.04. The minimum absolute atomic E-state index is 0.149. The highest BCUT2D eigenvalue weighted by molar-refractivity contribution is 5.82. The Morgan fingerprint density at radius 2 is 1.97 bits per heavy atom. The van der Waals surface area contributed by atoms with Crippen molar-refractivity contribution in [3.63, 3.8) is 0 Å². The zero-order valence-corrected chi connectivity index (χ0v) is 17.4. The molecular weight excluding hydrogens is 378 g/mol. The largest absolute Gasteiger partial charge is 0.396 e. The van der Waals surface area contributed by atoms with Crippen LogP contribution in [0.25, 0.3) is 22.2 Å². The Labute approximate surface area is 175 Å². The van der Waals surface area contributed by atoms with E-state index in [0.29, 0.717) is 30.5 Å². The number of aliphatic hydroxyl groups is 1. The number of pyridine rings is 2. The van der Waals surface area contributed by atoms with Gasteiger partial charge in [0.05, 0.1) is 22.9 Å². The third kappa shape index (κ3) is 4.28. The molecule has 0 amide bonds. The maximum Gasteiger partial charge on any atom is 0.154 e. The lowest BCUT2D eigenvalue weighted by molar-refractivity contribution is 0.277. The van der Waals surface area contributed by atoms with Gasteiger partial charge in [0.25, 0.3) is 0 Å². The molecule has 0 bridgehead atoms. The third-order valence-corrected chi connectivity index (χ3v) is 4.94. The van der Waals surface area contributed by atoms with E-state index in [4.69, 9.17) is 10.1 Å². The number of nitrogens with zero attached hydrogens (tertiary/aromatic N) is 6. The van der Waals surface area contributed by atoms with Gasteiger partial charge in [-0.3, -0.25) is 9.67 Å². The molecule has 30 heavy (non-hydrogen) atoms. The Kier molecular flexibility index (Phi) is 5.67. The molecule has 0 radical (unpaired) electrons. The molecule has 0 aromatic carbocycles. The van der Waals surface area contributed by atoms with Gasteiger partial charge < -0.3 is 10.4 Å². The second-order valence-corrected chi connectivity index (χ2v) is 7.58. The van der Waals surface area contributed by atoms with E-state index in [1.54, 1.807) is 6.20 Å². The topological polar surface area (TPSA) is 102 Å². The van der Waals surface area contributed by atoms with Crippen LogP contribution in [0.15, 0.2) is 42.9 Å². The van der Waals surface area contributed by atoms with Crippen LogP contribution in [0.1, 0.15) is 37.4 Å². The number of nitrogens with one attached hydrogen (secondary N) is 1. The quantitative estimate of drug-likeness (QED) is 0.483. The molecule has 4 aromatic rings. The molecule has 0 spiro atoms. The number of aromatic nitrogens is 6. The Morgan fingerprint density at radius 1 is 1.10 bits per heavy atom. The second kappa shape index (κ2) is 8.54. The molecule has 154 valence electrons. The van der Waals surface area contributed by atoms with Crippen LogP contribution in [0.2, 0.25) is 0 Å². The van der Waals surface area contributed by atoms with Crippen LogP contribution in [0.3, 0.4) is 0 Å². The van der Waals surface area contributed by atoms with Crippen LogP contribution in [0.4, 0.5) is 11.6 Å². The monoisotopic (exact) mass is 403 g/mol. The highest BCUT2D eigenvalue weighted by Gasteiger charge is 2.10. The number of fused-ring (bicyclic) bond motifs is 1. The fourth-order valence-corrected chi connectivity index (χ4v) is 3.26. The van der Waals surface area contributed by atoms with Gasteiger partial charge in [-0.1, -0.05) is 13.8 Å². The minimum atomic E-state index is 0.149. The van der Waals surface area contributed by atoms with Crippen molar-refractivity contribution in [1.82, 2.24) is 29.9 Å². The average Bonchev–Trinajstić information content (AvgIpc) is 3.12. The summed E-state index contributed by atoms with van der Waals surface area (Å²) in [4.78, 5) is 9.28. The number of hydrogen-bond donors (Lipinski definition) is 2. The van der Waals surface area contributed by atoms with E-state index < -0.39 is 0 Å². The number of rotatable bonds is 7. The molecule has 0 atom stereocenters. The molecule has 4 aromatic heterocycles. The Hall–Kier alpha value is -3.39. The molecule has 0 saturated heterocycles. The zero-order chi connectivity index (χ0) is 21.1. The van der Waals surface area contributed by atoms with Gasteiger partial charge in [-0.15, -0.1) is 5.10 Å². The van der Waals surface area contributed by atoms with E-state index >= 15 is 0 Å². The van der Waals surface area contributed by atoms with Crippen LogP contribution < -0.4 is 5.32 Å². The van der Waals surface area contributed by atoms with E-state index in [9.17, 15) is 0 Å². The van der Waals surface area contributed by atoms with Crippen LogP contribution in [-0.4, -0.2) is 41.7 Å². The first-order valence-electron chi connectivity index (χ1n) is 10.0. The Morgan fingerprint density at radius 3 is 2.77 bits per heavy atom. The van der Waals surface area contributed by atoms with Gasteiger partial charge in [0.1, 0.15) is 5.82 Å². The SMILES string of the molecule is Cc1nn(CCCO)cc1-c1cnc2ccc(Nc3cc(C(C)C)cnn3)nc2c1. The van der Waals surface area contributed by atoms with Crippen molar-refractivity contribution < 1.29 is 5.11 Å². The highest BCUT2D eigenvalue weighted by Crippen LogP contribution is 2.26. The van der Waals surface area contributed by atoms with Crippen molar-refractivity contribution in [2.45, 2.75) is 39.7 Å². The molecule has 0 aliphatic rings. The molecule has 0 saturated carbocycles. The summed E-state index contributed by atoms with van der Waals surface area (Å²) in [5.74, 6) is 1.73. The summed E-state index contributed by atoms with van der Waals surface area (Å²) in [6, 6.07) is 7.83. The van der Waals surface area contributed by atoms with Crippen molar-refractivity contribution in [2.24, 2.45) is 0 Å². The van der Waals surface area contributed by atoms with Crippen LogP contribution in [0, 0.1) is 6.92 Å². The van der Waals surface area contributed by atoms with Crippen molar-refractivity contribution >= 4 is 22.7 Å². The standard InChI is InChI=1S/C22H25N7O/c1-14(2)16-10-22(27-24-12-16)26-21-6-5-19-20(25-21)9-17(11-23-19)18-13-29(7-4-8-30)28-15(18)3/h5-6,9-14,30H,4,7-8H2,1-3H3,(H,25,26,27). The van der Waals surface area contributed by atoms with Gasteiger partial charge in [0, 0.05) is 36.7 Å². The van der Waals surface area contributed by atoms with Gasteiger partial charge in [0.2, 0.25) is 0 Å². The van der Waals surface area contributed by atoms with Crippen molar-refractivity contribution in [3.8, 4) is 11.1 Å². The van der Waals surface area contributed by atoms with Crippen molar-refractivity contribution in [1.29, 1.82) is 0 Å². The number of hydrogen-bond acceptors (Lipinski definition) is 7. The molecule has 4 rings (SSSR count). The molecule has 4 heterocycles. The Balaban J connectivity index is 1.63. The molecular formula is C22H25N7O. The normalized spacial score (nSPS) is 11.4. The van der Waals surface area contributed by atoms with Gasteiger partial charge in [-0.25, -0.2) is 4.98 Å². The minimum Gasteiger partial charge on any atom is -0.396 e. The molecule has 0 aliphatic carbocycles. The molecule has 8 nitrogen and oxygen atoms in total. The van der Waals surface area contributed by atoms with Gasteiger partial charge >= 0.3 is 0 Å².